The molecule has 0 spiro atoms. The molecule has 2 nitrogen and oxygen atoms in total. The lowest BCUT2D eigenvalue weighted by atomic mass is 10.0. The van der Waals surface area contributed by atoms with Gasteiger partial charge in [-0.15, -0.1) is 0 Å². The Labute approximate surface area is 112 Å². The molecule has 0 aliphatic rings. The maximum Gasteiger partial charge on any atom is 0.119 e. The van der Waals surface area contributed by atoms with Gasteiger partial charge in [0.05, 0.1) is 6.61 Å². The van der Waals surface area contributed by atoms with E-state index < -0.39 is 0 Å². The highest BCUT2D eigenvalue weighted by Gasteiger charge is 2.09. The molecule has 0 heterocycles. The number of nitrogens with one attached hydrogen (secondary N) is 1. The van der Waals surface area contributed by atoms with Gasteiger partial charge in [0.1, 0.15) is 5.75 Å². The highest BCUT2D eigenvalue weighted by Crippen LogP contribution is 2.11. The van der Waals surface area contributed by atoms with Crippen LogP contribution in [0.2, 0.25) is 0 Å². The van der Waals surface area contributed by atoms with Gasteiger partial charge in [0.15, 0.2) is 0 Å². The Bertz CT molecular complexity index is 297. The molecule has 0 fully saturated rings. The molecule has 102 valence electrons. The summed E-state index contributed by atoms with van der Waals surface area (Å²) in [7, 11) is 0. The summed E-state index contributed by atoms with van der Waals surface area (Å²) in [6, 6.07) is 10.6. The Balaban J connectivity index is 2.27. The molecule has 0 aromatic heterocycles. The van der Waals surface area contributed by atoms with Crippen LogP contribution in [0.25, 0.3) is 0 Å². The van der Waals surface area contributed by atoms with Gasteiger partial charge in [-0.25, -0.2) is 0 Å². The van der Waals surface area contributed by atoms with Crippen LogP contribution in [0.15, 0.2) is 30.3 Å². The van der Waals surface area contributed by atoms with E-state index in [4.69, 9.17) is 4.74 Å². The SMILES string of the molecule is CCCNC(CCOc1ccccc1)CC(C)C. The van der Waals surface area contributed by atoms with Crippen LogP contribution < -0.4 is 10.1 Å². The molecular weight excluding hydrogens is 222 g/mol. The highest BCUT2D eigenvalue weighted by molar-refractivity contribution is 5.20. The highest BCUT2D eigenvalue weighted by atomic mass is 16.5. The molecule has 0 amide bonds. The quantitative estimate of drug-likeness (QED) is 0.717. The summed E-state index contributed by atoms with van der Waals surface area (Å²) in [5.41, 5.74) is 0. The van der Waals surface area contributed by atoms with Crippen molar-refractivity contribution in [2.75, 3.05) is 13.2 Å². The lowest BCUT2D eigenvalue weighted by Crippen LogP contribution is -2.32. The monoisotopic (exact) mass is 249 g/mol. The van der Waals surface area contributed by atoms with Gasteiger partial charge in [-0.05, 0) is 43.9 Å². The molecule has 1 atom stereocenters. The van der Waals surface area contributed by atoms with Crippen LogP contribution in [0.5, 0.6) is 5.75 Å². The largest absolute Gasteiger partial charge is 0.494 e. The minimum atomic E-state index is 0.577. The smallest absolute Gasteiger partial charge is 0.119 e. The van der Waals surface area contributed by atoms with Crippen molar-refractivity contribution >= 4 is 0 Å². The van der Waals surface area contributed by atoms with Crippen molar-refractivity contribution in [3.05, 3.63) is 30.3 Å². The van der Waals surface area contributed by atoms with E-state index in [-0.39, 0.29) is 0 Å². The molecular formula is C16H27NO. The molecule has 0 aliphatic carbocycles. The van der Waals surface area contributed by atoms with Crippen molar-refractivity contribution in [1.82, 2.24) is 5.32 Å². The van der Waals surface area contributed by atoms with Gasteiger partial charge in [0.2, 0.25) is 0 Å². The van der Waals surface area contributed by atoms with Gasteiger partial charge in [-0.2, -0.15) is 0 Å². The summed E-state index contributed by atoms with van der Waals surface area (Å²) in [5.74, 6) is 1.70. The summed E-state index contributed by atoms with van der Waals surface area (Å²) in [4.78, 5) is 0. The van der Waals surface area contributed by atoms with E-state index in [9.17, 15) is 0 Å². The zero-order valence-corrected chi connectivity index (χ0v) is 12.0. The summed E-state index contributed by atoms with van der Waals surface area (Å²) in [6.07, 6.45) is 3.49. The maximum absolute atomic E-state index is 5.76. The zero-order chi connectivity index (χ0) is 13.2. The molecule has 0 saturated carbocycles. The van der Waals surface area contributed by atoms with E-state index in [1.807, 2.05) is 30.3 Å². The number of benzene rings is 1. The molecule has 0 aliphatic heterocycles. The standard InChI is InChI=1S/C16H27NO/c1-4-11-17-15(13-14(2)3)10-12-18-16-8-6-5-7-9-16/h5-9,14-15,17H,4,10-13H2,1-3H3. The number of hydrogen-bond acceptors (Lipinski definition) is 2. The fourth-order valence-corrected chi connectivity index (χ4v) is 2.06. The fourth-order valence-electron chi connectivity index (χ4n) is 2.06. The van der Waals surface area contributed by atoms with Crippen molar-refractivity contribution in [3.8, 4) is 5.75 Å². The van der Waals surface area contributed by atoms with Gasteiger partial charge >= 0.3 is 0 Å². The lowest BCUT2D eigenvalue weighted by Gasteiger charge is -2.20. The van der Waals surface area contributed by atoms with Crippen LogP contribution >= 0.6 is 0 Å². The summed E-state index contributed by atoms with van der Waals surface area (Å²) >= 11 is 0. The Kier molecular flexibility index (Phi) is 7.51. The van der Waals surface area contributed by atoms with Crippen LogP contribution in [0, 0.1) is 5.92 Å². The predicted octanol–water partition coefficient (Wildman–Crippen LogP) is 3.87. The molecule has 1 N–H and O–H groups in total. The first-order valence-electron chi connectivity index (χ1n) is 7.13. The lowest BCUT2D eigenvalue weighted by molar-refractivity contribution is 0.272. The van der Waals surface area contributed by atoms with E-state index in [1.165, 1.54) is 12.8 Å². The fraction of sp³-hybridized carbons (Fsp3) is 0.625. The maximum atomic E-state index is 5.76. The Hall–Kier alpha value is -1.02. The van der Waals surface area contributed by atoms with Crippen molar-refractivity contribution in [3.63, 3.8) is 0 Å². The molecule has 0 bridgehead atoms. The van der Waals surface area contributed by atoms with E-state index in [2.05, 4.69) is 26.1 Å². The van der Waals surface area contributed by atoms with E-state index in [1.54, 1.807) is 0 Å². The van der Waals surface area contributed by atoms with Crippen LogP contribution in [-0.4, -0.2) is 19.2 Å². The van der Waals surface area contributed by atoms with Crippen LogP contribution in [0.4, 0.5) is 0 Å². The molecule has 1 aromatic rings. The summed E-state index contributed by atoms with van der Waals surface area (Å²) in [5, 5.41) is 3.61. The molecule has 0 radical (unpaired) electrons. The third kappa shape index (κ3) is 6.65. The Morgan fingerprint density at radius 2 is 1.89 bits per heavy atom. The van der Waals surface area contributed by atoms with Gasteiger partial charge in [-0.1, -0.05) is 39.0 Å². The average Bonchev–Trinajstić information content (AvgIpc) is 2.36. The summed E-state index contributed by atoms with van der Waals surface area (Å²) in [6.45, 7) is 8.65. The third-order valence-electron chi connectivity index (χ3n) is 2.92. The molecule has 1 aromatic carbocycles. The minimum absolute atomic E-state index is 0.577. The second-order valence-corrected chi connectivity index (χ2v) is 5.23. The predicted molar refractivity (Wildman–Crippen MR) is 78.1 cm³/mol. The molecule has 18 heavy (non-hydrogen) atoms. The number of rotatable bonds is 9. The summed E-state index contributed by atoms with van der Waals surface area (Å²) < 4.78 is 5.76. The third-order valence-corrected chi connectivity index (χ3v) is 2.92. The molecule has 0 saturated heterocycles. The zero-order valence-electron chi connectivity index (χ0n) is 12.0. The average molecular weight is 249 g/mol. The number of ether oxygens (including phenoxy) is 1. The van der Waals surface area contributed by atoms with E-state index in [0.717, 1.165) is 31.2 Å². The van der Waals surface area contributed by atoms with E-state index in [0.29, 0.717) is 6.04 Å². The van der Waals surface area contributed by atoms with Crippen molar-refractivity contribution in [2.45, 2.75) is 46.1 Å². The Morgan fingerprint density at radius 3 is 2.50 bits per heavy atom. The first-order valence-corrected chi connectivity index (χ1v) is 7.13. The van der Waals surface area contributed by atoms with Gasteiger partial charge < -0.3 is 10.1 Å². The van der Waals surface area contributed by atoms with E-state index >= 15 is 0 Å². The Morgan fingerprint density at radius 1 is 1.17 bits per heavy atom. The minimum Gasteiger partial charge on any atom is -0.494 e. The van der Waals surface area contributed by atoms with Gasteiger partial charge in [0.25, 0.3) is 0 Å². The van der Waals surface area contributed by atoms with Gasteiger partial charge in [-0.3, -0.25) is 0 Å². The van der Waals surface area contributed by atoms with Crippen LogP contribution in [0.1, 0.15) is 40.0 Å². The van der Waals surface area contributed by atoms with Crippen LogP contribution in [0.3, 0.4) is 0 Å². The topological polar surface area (TPSA) is 21.3 Å². The first-order chi connectivity index (χ1) is 8.72. The van der Waals surface area contributed by atoms with Crippen molar-refractivity contribution in [1.29, 1.82) is 0 Å². The normalized spacial score (nSPS) is 12.7. The van der Waals surface area contributed by atoms with Crippen molar-refractivity contribution < 1.29 is 4.74 Å². The number of hydrogen-bond donors (Lipinski definition) is 1. The first kappa shape index (κ1) is 15.0. The molecule has 1 rings (SSSR count). The second-order valence-electron chi connectivity index (χ2n) is 5.23. The number of para-hydroxylation sites is 1. The second kappa shape index (κ2) is 8.98. The molecule has 1 unspecified atom stereocenters. The van der Waals surface area contributed by atoms with Gasteiger partial charge in [0, 0.05) is 6.04 Å². The van der Waals surface area contributed by atoms with Crippen LogP contribution in [-0.2, 0) is 0 Å². The van der Waals surface area contributed by atoms with Crippen molar-refractivity contribution in [2.24, 2.45) is 5.92 Å². The molecule has 2 heteroatoms.